The Morgan fingerprint density at radius 3 is 2.53 bits per heavy atom. The average Bonchev–Trinajstić information content (AvgIpc) is 3.16. The number of rotatable bonds is 3. The SMILES string of the molecule is CC(=O)O.N[C@@H]1C[C@@H](c2nc(-c3ccccn3)nn2-c2ccccc2F)CC[C@H]1O. The van der Waals surface area contributed by atoms with E-state index in [9.17, 15) is 9.50 Å². The quantitative estimate of drug-likeness (QED) is 0.602. The Bertz CT molecular complexity index is 991. The Labute approximate surface area is 173 Å². The molecule has 0 aliphatic heterocycles. The van der Waals surface area contributed by atoms with Crippen LogP contribution < -0.4 is 5.73 Å². The summed E-state index contributed by atoms with van der Waals surface area (Å²) in [6, 6.07) is 11.7. The van der Waals surface area contributed by atoms with Gasteiger partial charge >= 0.3 is 0 Å². The number of halogens is 1. The lowest BCUT2D eigenvalue weighted by Crippen LogP contribution is -2.40. The van der Waals surface area contributed by atoms with Gasteiger partial charge in [-0.05, 0) is 43.5 Å². The van der Waals surface area contributed by atoms with Gasteiger partial charge in [0.25, 0.3) is 5.97 Å². The van der Waals surface area contributed by atoms with Crippen LogP contribution >= 0.6 is 0 Å². The van der Waals surface area contributed by atoms with Crippen LogP contribution in [0.1, 0.15) is 37.9 Å². The number of carboxylic acids is 1. The highest BCUT2D eigenvalue weighted by Gasteiger charge is 2.31. The Balaban J connectivity index is 0.000000589. The van der Waals surface area contributed by atoms with Crippen LogP contribution in [0.2, 0.25) is 0 Å². The molecule has 158 valence electrons. The van der Waals surface area contributed by atoms with Gasteiger partial charge in [-0.1, -0.05) is 18.2 Å². The second kappa shape index (κ2) is 9.55. The maximum absolute atomic E-state index is 14.4. The second-order valence-corrected chi connectivity index (χ2v) is 7.13. The van der Waals surface area contributed by atoms with Gasteiger partial charge in [0.05, 0.1) is 6.10 Å². The number of aliphatic carboxylic acids is 1. The van der Waals surface area contributed by atoms with Crippen molar-refractivity contribution in [1.82, 2.24) is 19.7 Å². The standard InChI is InChI=1S/C19H20FN5O.C2H4O2/c20-13-5-1-2-7-16(13)25-19(12-8-9-17(26)14(21)11-12)23-18(24-25)15-6-3-4-10-22-15;1-2(3)4/h1-7,10,12,14,17,26H,8-9,11,21H2;1H3,(H,3,4)/t12-,14+,17+;/m0./s1. The molecule has 1 aromatic carbocycles. The maximum Gasteiger partial charge on any atom is 0.300 e. The lowest BCUT2D eigenvalue weighted by Gasteiger charge is -2.30. The van der Waals surface area contributed by atoms with E-state index in [2.05, 4.69) is 15.1 Å². The summed E-state index contributed by atoms with van der Waals surface area (Å²) in [5.41, 5.74) is 7.02. The molecule has 1 fully saturated rings. The minimum Gasteiger partial charge on any atom is -0.481 e. The third-order valence-electron chi connectivity index (χ3n) is 4.83. The molecule has 1 aliphatic carbocycles. The number of pyridine rings is 1. The van der Waals surface area contributed by atoms with E-state index in [4.69, 9.17) is 15.6 Å². The van der Waals surface area contributed by atoms with E-state index in [1.54, 1.807) is 29.1 Å². The van der Waals surface area contributed by atoms with Crippen LogP contribution in [0.4, 0.5) is 4.39 Å². The lowest BCUT2D eigenvalue weighted by molar-refractivity contribution is -0.134. The van der Waals surface area contributed by atoms with E-state index in [0.29, 0.717) is 35.9 Å². The molecule has 4 N–H and O–H groups in total. The molecular formula is C21H24FN5O3. The molecule has 3 aromatic rings. The van der Waals surface area contributed by atoms with Crippen LogP contribution in [0.25, 0.3) is 17.2 Å². The van der Waals surface area contributed by atoms with Crippen LogP contribution in [0.15, 0.2) is 48.7 Å². The first-order valence-electron chi connectivity index (χ1n) is 9.63. The molecule has 2 aromatic heterocycles. The van der Waals surface area contributed by atoms with Crippen LogP contribution in [0.5, 0.6) is 0 Å². The van der Waals surface area contributed by atoms with Crippen molar-refractivity contribution < 1.29 is 19.4 Å². The molecule has 1 aliphatic rings. The zero-order valence-electron chi connectivity index (χ0n) is 16.5. The summed E-state index contributed by atoms with van der Waals surface area (Å²) in [6.07, 6.45) is 3.06. The van der Waals surface area contributed by atoms with Crippen molar-refractivity contribution in [3.8, 4) is 17.2 Å². The molecule has 0 radical (unpaired) electrons. The predicted octanol–water partition coefficient (Wildman–Crippen LogP) is 2.52. The van der Waals surface area contributed by atoms with E-state index in [1.807, 2.05) is 18.2 Å². The lowest BCUT2D eigenvalue weighted by atomic mass is 9.83. The molecule has 2 heterocycles. The molecule has 0 bridgehead atoms. The first-order chi connectivity index (χ1) is 14.4. The van der Waals surface area contributed by atoms with Crippen molar-refractivity contribution in [3.05, 3.63) is 60.3 Å². The summed E-state index contributed by atoms with van der Waals surface area (Å²) >= 11 is 0. The number of hydrogen-bond donors (Lipinski definition) is 3. The van der Waals surface area contributed by atoms with E-state index in [-0.39, 0.29) is 17.8 Å². The van der Waals surface area contributed by atoms with E-state index in [1.165, 1.54) is 6.07 Å². The van der Waals surface area contributed by atoms with Crippen molar-refractivity contribution in [2.24, 2.45) is 5.73 Å². The highest BCUT2D eigenvalue weighted by atomic mass is 19.1. The first-order valence-corrected chi connectivity index (χ1v) is 9.63. The van der Waals surface area contributed by atoms with Gasteiger partial charge in [0, 0.05) is 25.1 Å². The number of nitrogens with two attached hydrogens (primary N) is 1. The minimum atomic E-state index is -0.833. The van der Waals surface area contributed by atoms with Gasteiger partial charge < -0.3 is 15.9 Å². The monoisotopic (exact) mass is 413 g/mol. The molecule has 8 nitrogen and oxygen atoms in total. The third kappa shape index (κ3) is 5.05. The smallest absolute Gasteiger partial charge is 0.300 e. The number of aliphatic hydroxyl groups excluding tert-OH is 1. The number of nitrogens with zero attached hydrogens (tertiary/aromatic N) is 4. The Morgan fingerprint density at radius 1 is 1.20 bits per heavy atom. The van der Waals surface area contributed by atoms with E-state index < -0.39 is 12.1 Å². The van der Waals surface area contributed by atoms with Gasteiger partial charge in [-0.3, -0.25) is 9.78 Å². The van der Waals surface area contributed by atoms with Gasteiger partial charge in [-0.25, -0.2) is 14.1 Å². The van der Waals surface area contributed by atoms with Crippen LogP contribution in [0.3, 0.4) is 0 Å². The minimum absolute atomic E-state index is 0.00188. The normalized spacial score (nSPS) is 20.9. The summed E-state index contributed by atoms with van der Waals surface area (Å²) in [5.74, 6) is -0.106. The fourth-order valence-electron chi connectivity index (χ4n) is 3.42. The predicted molar refractivity (Wildman–Crippen MR) is 108 cm³/mol. The fraction of sp³-hybridized carbons (Fsp3) is 0.333. The van der Waals surface area contributed by atoms with Crippen LogP contribution in [-0.4, -0.2) is 48.1 Å². The highest BCUT2D eigenvalue weighted by Crippen LogP contribution is 2.34. The summed E-state index contributed by atoms with van der Waals surface area (Å²) < 4.78 is 16.0. The molecule has 0 saturated heterocycles. The molecular weight excluding hydrogens is 389 g/mol. The molecule has 3 atom stereocenters. The second-order valence-electron chi connectivity index (χ2n) is 7.13. The Hall–Kier alpha value is -3.17. The molecule has 1 saturated carbocycles. The number of carbonyl (C=O) groups is 1. The zero-order chi connectivity index (χ0) is 21.7. The van der Waals surface area contributed by atoms with Crippen LogP contribution in [0, 0.1) is 5.82 Å². The molecule has 9 heteroatoms. The molecule has 0 amide bonds. The Kier molecular flexibility index (Phi) is 6.86. The largest absolute Gasteiger partial charge is 0.481 e. The fourth-order valence-corrected chi connectivity index (χ4v) is 3.42. The van der Waals surface area contributed by atoms with Gasteiger partial charge in [0.15, 0.2) is 5.82 Å². The Morgan fingerprint density at radius 2 is 1.90 bits per heavy atom. The van der Waals surface area contributed by atoms with E-state index in [0.717, 1.165) is 13.3 Å². The maximum atomic E-state index is 14.4. The van der Waals surface area contributed by atoms with Gasteiger partial charge in [0.2, 0.25) is 0 Å². The number of para-hydroxylation sites is 1. The van der Waals surface area contributed by atoms with Gasteiger partial charge in [-0.2, -0.15) is 0 Å². The van der Waals surface area contributed by atoms with Crippen LogP contribution in [-0.2, 0) is 4.79 Å². The number of benzene rings is 1. The van der Waals surface area contributed by atoms with E-state index >= 15 is 0 Å². The number of aliphatic hydroxyl groups is 1. The summed E-state index contributed by atoms with van der Waals surface area (Å²) in [7, 11) is 0. The number of aromatic nitrogens is 4. The average molecular weight is 413 g/mol. The number of carboxylic acid groups (broad SMARTS) is 1. The van der Waals surface area contributed by atoms with Crippen molar-refractivity contribution in [1.29, 1.82) is 0 Å². The molecule has 0 unspecified atom stereocenters. The van der Waals surface area contributed by atoms with Crippen molar-refractivity contribution >= 4 is 5.97 Å². The van der Waals surface area contributed by atoms with Crippen molar-refractivity contribution in [2.75, 3.05) is 0 Å². The third-order valence-corrected chi connectivity index (χ3v) is 4.83. The topological polar surface area (TPSA) is 127 Å². The summed E-state index contributed by atoms with van der Waals surface area (Å²) in [5, 5.41) is 21.9. The zero-order valence-corrected chi connectivity index (χ0v) is 16.5. The summed E-state index contributed by atoms with van der Waals surface area (Å²) in [6.45, 7) is 1.08. The highest BCUT2D eigenvalue weighted by molar-refractivity contribution is 5.63. The number of hydrogen-bond acceptors (Lipinski definition) is 6. The molecule has 30 heavy (non-hydrogen) atoms. The van der Waals surface area contributed by atoms with Crippen molar-refractivity contribution in [2.45, 2.75) is 44.2 Å². The summed E-state index contributed by atoms with van der Waals surface area (Å²) in [4.78, 5) is 18.0. The van der Waals surface area contributed by atoms with Gasteiger partial charge in [-0.15, -0.1) is 5.10 Å². The molecule has 4 rings (SSSR count). The van der Waals surface area contributed by atoms with Crippen molar-refractivity contribution in [3.63, 3.8) is 0 Å². The first kappa shape index (κ1) is 21.5. The van der Waals surface area contributed by atoms with Gasteiger partial charge in [0.1, 0.15) is 23.0 Å². The molecule has 0 spiro atoms.